The smallest absolute Gasteiger partial charge is 0.246 e. The summed E-state index contributed by atoms with van der Waals surface area (Å²) in [5.41, 5.74) is 24.1. The van der Waals surface area contributed by atoms with E-state index in [-0.39, 0.29) is 88.2 Å². The summed E-state index contributed by atoms with van der Waals surface area (Å²) in [7, 11) is 2.59. The lowest BCUT2D eigenvalue weighted by Crippen LogP contribution is -2.62. The van der Waals surface area contributed by atoms with Crippen molar-refractivity contribution in [3.05, 3.63) is 71.8 Å². The number of guanidine groups is 1. The highest BCUT2D eigenvalue weighted by atomic mass is 33.1. The summed E-state index contributed by atoms with van der Waals surface area (Å²) in [5.74, 6) is -8.71. The van der Waals surface area contributed by atoms with Gasteiger partial charge in [0.1, 0.15) is 42.3 Å². The Bertz CT molecular complexity index is 2720. The van der Waals surface area contributed by atoms with E-state index in [0.717, 1.165) is 24.8 Å². The summed E-state index contributed by atoms with van der Waals surface area (Å²) in [6.45, 7) is 6.87. The zero-order chi connectivity index (χ0) is 63.6. The van der Waals surface area contributed by atoms with Gasteiger partial charge in [0.15, 0.2) is 5.96 Å². The Kier molecular flexibility index (Phi) is 28.6. The third-order valence-corrected chi connectivity index (χ3v) is 18.9. The fourth-order valence-electron chi connectivity index (χ4n) is 10.4. The summed E-state index contributed by atoms with van der Waals surface area (Å²) in [5, 5.41) is 24.6. The van der Waals surface area contributed by atoms with Crippen molar-refractivity contribution < 1.29 is 52.7 Å². The number of nitrogens with one attached hydrogen (secondary N) is 9. The number of primary amides is 1. The molecule has 2 saturated heterocycles. The molecule has 9 atom stereocenters. The van der Waals surface area contributed by atoms with Crippen molar-refractivity contribution in [1.29, 1.82) is 0 Å². The Morgan fingerprint density at radius 2 is 1.32 bits per heavy atom. The van der Waals surface area contributed by atoms with Crippen LogP contribution in [0.2, 0.25) is 0 Å². The van der Waals surface area contributed by atoms with Crippen molar-refractivity contribution in [2.45, 2.75) is 171 Å². The molecule has 26 nitrogen and oxygen atoms in total. The number of amides is 11. The maximum atomic E-state index is 15.1. The number of hydrogen-bond donors (Lipinski definition) is 13. The van der Waals surface area contributed by atoms with E-state index >= 15 is 4.79 Å². The lowest BCUT2D eigenvalue weighted by atomic mass is 9.85. The molecule has 3 aliphatic rings. The minimum Gasteiger partial charge on any atom is -0.370 e. The van der Waals surface area contributed by atoms with Crippen molar-refractivity contribution in [3.63, 3.8) is 0 Å². The van der Waals surface area contributed by atoms with Crippen LogP contribution >= 0.6 is 21.6 Å². The van der Waals surface area contributed by atoms with Crippen molar-refractivity contribution in [2.24, 2.45) is 39.8 Å². The Labute approximate surface area is 516 Å². The molecule has 17 N–H and O–H groups in total. The lowest BCUT2D eigenvalue weighted by Gasteiger charge is -2.37. The molecule has 2 heterocycles. The minimum absolute atomic E-state index is 0.00481. The highest BCUT2D eigenvalue weighted by molar-refractivity contribution is 8.77. The van der Waals surface area contributed by atoms with Crippen LogP contribution in [0.5, 0.6) is 0 Å². The fraction of sp³-hybridized carbons (Fsp3) is 0.593. The first-order valence-electron chi connectivity index (χ1n) is 29.9. The summed E-state index contributed by atoms with van der Waals surface area (Å²) in [6.07, 6.45) is 4.04. The van der Waals surface area contributed by atoms with Gasteiger partial charge >= 0.3 is 0 Å². The molecule has 1 saturated carbocycles. The second-order valence-corrected chi connectivity index (χ2v) is 25.7. The van der Waals surface area contributed by atoms with Gasteiger partial charge in [-0.2, -0.15) is 0 Å². The number of carbonyl (C=O) groups is 11. The molecule has 478 valence electrons. The number of aliphatic imine (C=N–C) groups is 1. The summed E-state index contributed by atoms with van der Waals surface area (Å²) in [4.78, 5) is 159. The molecular formula is C59H89N15O11S2. The molecule has 28 heteroatoms. The number of nitrogens with zero attached hydrogens (tertiary/aromatic N) is 2. The average Bonchev–Trinajstić information content (AvgIpc) is 2.55. The highest BCUT2D eigenvalue weighted by Gasteiger charge is 2.43. The van der Waals surface area contributed by atoms with Crippen LogP contribution in [-0.4, -0.2) is 167 Å². The minimum atomic E-state index is -1.67. The monoisotopic (exact) mass is 1250 g/mol. The molecule has 87 heavy (non-hydrogen) atoms. The molecular weight excluding hydrogens is 1160 g/mol. The SMILES string of the molecule is CCC(C)[C@@H]1NC(=O)[C@H](Cc2ccccc2)NC(=O)[C@@H](Cc2ccccc2)NC(=O)CC2(CCCCC2)SSC[C@@H](C(=O)N2CCC[C@H]2C(=O)N[C@@H](CCCN=C(N)N)C(=O)NCC(=O)NCCNC(=O)[C@H](N)C(C)C)NC(=O)[C@H](CC(N)=O)NC1=O. The number of rotatable bonds is 23. The molecule has 2 aromatic carbocycles. The van der Waals surface area contributed by atoms with E-state index < -0.39 is 131 Å². The van der Waals surface area contributed by atoms with E-state index in [2.05, 4.69) is 52.8 Å². The molecule has 1 aliphatic carbocycles. The molecule has 2 aromatic rings. The van der Waals surface area contributed by atoms with Gasteiger partial charge in [-0.15, -0.1) is 0 Å². The second-order valence-electron chi connectivity index (χ2n) is 22.8. The first-order chi connectivity index (χ1) is 41.5. The van der Waals surface area contributed by atoms with E-state index in [1.807, 2.05) is 30.3 Å². The third-order valence-electron chi connectivity index (χ3n) is 15.6. The Morgan fingerprint density at radius 1 is 0.724 bits per heavy atom. The van der Waals surface area contributed by atoms with E-state index in [1.54, 1.807) is 58.0 Å². The molecule has 11 amide bonds. The van der Waals surface area contributed by atoms with Gasteiger partial charge in [0.25, 0.3) is 0 Å². The van der Waals surface area contributed by atoms with Crippen LogP contribution in [0.3, 0.4) is 0 Å². The van der Waals surface area contributed by atoms with Crippen LogP contribution in [0.25, 0.3) is 0 Å². The first-order valence-corrected chi connectivity index (χ1v) is 32.2. The number of benzene rings is 2. The molecule has 2 aliphatic heterocycles. The van der Waals surface area contributed by atoms with E-state index in [0.29, 0.717) is 31.2 Å². The zero-order valence-corrected chi connectivity index (χ0v) is 51.8. The van der Waals surface area contributed by atoms with Gasteiger partial charge in [0, 0.05) is 55.9 Å². The number of nitrogens with two attached hydrogens (primary N) is 4. The number of likely N-dealkylation sites (tertiary alicyclic amines) is 1. The lowest BCUT2D eigenvalue weighted by molar-refractivity contribution is -0.142. The van der Waals surface area contributed by atoms with Crippen molar-refractivity contribution in [2.75, 3.05) is 38.5 Å². The second kappa shape index (κ2) is 35.4. The third kappa shape index (κ3) is 23.0. The van der Waals surface area contributed by atoms with Crippen LogP contribution in [0.15, 0.2) is 65.7 Å². The molecule has 3 fully saturated rings. The van der Waals surface area contributed by atoms with E-state index in [9.17, 15) is 47.9 Å². The van der Waals surface area contributed by atoms with Gasteiger partial charge in [-0.25, -0.2) is 0 Å². The Balaban J connectivity index is 1.45. The maximum absolute atomic E-state index is 15.1. The van der Waals surface area contributed by atoms with Gasteiger partial charge in [0.05, 0.1) is 19.0 Å². The van der Waals surface area contributed by atoms with E-state index in [1.165, 1.54) is 26.5 Å². The van der Waals surface area contributed by atoms with Gasteiger partial charge in [-0.1, -0.05) is 136 Å². The van der Waals surface area contributed by atoms with Gasteiger partial charge in [-0.05, 0) is 61.5 Å². The zero-order valence-electron chi connectivity index (χ0n) is 50.2. The van der Waals surface area contributed by atoms with Crippen LogP contribution in [-0.2, 0) is 65.6 Å². The summed E-state index contributed by atoms with van der Waals surface area (Å²) < 4.78 is -0.713. The van der Waals surface area contributed by atoms with Crippen LogP contribution in [0.4, 0.5) is 0 Å². The summed E-state index contributed by atoms with van der Waals surface area (Å²) >= 11 is 0. The van der Waals surface area contributed by atoms with Gasteiger partial charge < -0.3 is 75.7 Å². The molecule has 1 unspecified atom stereocenters. The first kappa shape index (κ1) is 70.3. The Morgan fingerprint density at radius 3 is 1.93 bits per heavy atom. The molecule has 0 bridgehead atoms. The normalized spacial score (nSPS) is 22.6. The van der Waals surface area contributed by atoms with Gasteiger partial charge in [-0.3, -0.25) is 57.7 Å². The Hall–Kier alpha value is -7.46. The molecule has 0 aromatic heterocycles. The highest BCUT2D eigenvalue weighted by Crippen LogP contribution is 2.48. The maximum Gasteiger partial charge on any atom is 0.246 e. The predicted molar refractivity (Wildman–Crippen MR) is 332 cm³/mol. The standard InChI is InChI=1S/C59H89N15O11S2/c1-5-36(4)49-56(84)71-42(31-45(60)75)52(80)72-43(57(85)74-28-16-22-44(74)54(82)69-39(21-15-25-66-58(62)63)50(78)67-33-47(77)64-26-27-65-55(83)48(61)35(2)3)34-86-87-59(23-13-8-14-24-59)32-46(76)68-40(29-37-17-9-6-10-18-37)51(79)70-41(53(81)73-49)30-38-19-11-7-12-20-38/h6-7,9-12,17-20,35-36,39-44,48-49H,5,8,13-16,21-34,61H2,1-4H3,(H2,60,75)(H,64,77)(H,65,83)(H,67,78)(H,68,76)(H,69,82)(H,70,79)(H,71,84)(H,72,80)(H,73,81)(H4,62,63,66)/t36?,39-,40+,41-,42-,43-,44-,48+,49-/m0/s1. The van der Waals surface area contributed by atoms with Crippen molar-refractivity contribution >= 4 is 92.5 Å². The summed E-state index contributed by atoms with van der Waals surface area (Å²) in [6, 6.07) is 8.07. The van der Waals surface area contributed by atoms with Crippen molar-refractivity contribution in [3.8, 4) is 0 Å². The van der Waals surface area contributed by atoms with Crippen LogP contribution in [0.1, 0.15) is 116 Å². The topological polar surface area (TPSA) is 416 Å². The molecule has 5 rings (SSSR count). The molecule has 1 spiro atoms. The van der Waals surface area contributed by atoms with Crippen molar-refractivity contribution in [1.82, 2.24) is 52.8 Å². The number of hydrogen-bond acceptors (Lipinski definition) is 15. The van der Waals surface area contributed by atoms with E-state index in [4.69, 9.17) is 22.9 Å². The van der Waals surface area contributed by atoms with Crippen LogP contribution in [0, 0.1) is 11.8 Å². The molecule has 0 radical (unpaired) electrons. The number of carbonyl (C=O) groups excluding carboxylic acids is 11. The average molecular weight is 1250 g/mol. The van der Waals surface area contributed by atoms with Crippen LogP contribution < -0.4 is 70.8 Å². The fourth-order valence-corrected chi connectivity index (χ4v) is 13.8. The quantitative estimate of drug-likeness (QED) is 0.0279. The van der Waals surface area contributed by atoms with Gasteiger partial charge in [0.2, 0.25) is 65.0 Å². The predicted octanol–water partition coefficient (Wildman–Crippen LogP) is -0.833. The largest absolute Gasteiger partial charge is 0.370 e.